The molecule has 1 aliphatic carbocycles. The number of hydrogen-bond donors (Lipinski definition) is 2. The number of anilines is 1. The molecule has 1 heterocycles. The van der Waals surface area contributed by atoms with E-state index in [1.54, 1.807) is 12.1 Å². The lowest BCUT2D eigenvalue weighted by molar-refractivity contribution is -0.146. The van der Waals surface area contributed by atoms with Crippen molar-refractivity contribution in [1.82, 2.24) is 9.62 Å². The Kier molecular flexibility index (Phi) is 7.23. The van der Waals surface area contributed by atoms with E-state index in [4.69, 9.17) is 9.47 Å². The number of morpholine rings is 1. The number of benzene rings is 1. The van der Waals surface area contributed by atoms with Crippen LogP contribution in [0.5, 0.6) is 0 Å². The number of sulfonamides is 1. The molecule has 1 aromatic rings. The summed E-state index contributed by atoms with van der Waals surface area (Å²) in [7, 11) is -2.27. The molecule has 0 aromatic heterocycles. The lowest BCUT2D eigenvalue weighted by Gasteiger charge is -2.26. The zero-order valence-corrected chi connectivity index (χ0v) is 17.2. The molecule has 2 aliphatic rings. The molecule has 0 radical (unpaired) electrons. The van der Waals surface area contributed by atoms with Gasteiger partial charge in [0.2, 0.25) is 15.9 Å². The first kappa shape index (κ1) is 21.7. The monoisotopic (exact) mass is 425 g/mol. The lowest BCUT2D eigenvalue weighted by Crippen LogP contribution is -2.41. The van der Waals surface area contributed by atoms with Crippen molar-refractivity contribution >= 4 is 27.6 Å². The highest BCUT2D eigenvalue weighted by Gasteiger charge is 2.33. The van der Waals surface area contributed by atoms with Crippen LogP contribution in [-0.2, 0) is 29.1 Å². The third kappa shape index (κ3) is 5.33. The van der Waals surface area contributed by atoms with Gasteiger partial charge in [-0.3, -0.25) is 9.59 Å². The number of hydrogen-bond acceptors (Lipinski definition) is 7. The van der Waals surface area contributed by atoms with Crippen LogP contribution in [-0.4, -0.2) is 70.6 Å². The summed E-state index contributed by atoms with van der Waals surface area (Å²) in [4.78, 5) is 24.2. The van der Waals surface area contributed by atoms with Crippen LogP contribution in [0.3, 0.4) is 0 Å². The van der Waals surface area contributed by atoms with Gasteiger partial charge in [0.15, 0.2) is 0 Å². The minimum atomic E-state index is -3.63. The predicted octanol–water partition coefficient (Wildman–Crippen LogP) is 0.577. The molecule has 29 heavy (non-hydrogen) atoms. The lowest BCUT2D eigenvalue weighted by atomic mass is 10.0. The average molecular weight is 426 g/mol. The topological polar surface area (TPSA) is 114 Å². The van der Waals surface area contributed by atoms with Gasteiger partial charge in [0.05, 0.1) is 37.7 Å². The maximum atomic E-state index is 12.8. The third-order valence-electron chi connectivity index (χ3n) is 5.27. The summed E-state index contributed by atoms with van der Waals surface area (Å²) in [6.45, 7) is 1.39. The highest BCUT2D eigenvalue weighted by Crippen LogP contribution is 2.26. The number of esters is 1. The Morgan fingerprint density at radius 2 is 2.00 bits per heavy atom. The quantitative estimate of drug-likeness (QED) is 0.614. The number of ether oxygens (including phenoxy) is 2. The number of nitrogens with zero attached hydrogens (tertiary/aromatic N) is 1. The van der Waals surface area contributed by atoms with Crippen LogP contribution < -0.4 is 10.6 Å². The van der Waals surface area contributed by atoms with E-state index >= 15 is 0 Å². The highest BCUT2D eigenvalue weighted by molar-refractivity contribution is 7.89. The predicted molar refractivity (Wildman–Crippen MR) is 106 cm³/mol. The van der Waals surface area contributed by atoms with Crippen molar-refractivity contribution in [3.8, 4) is 0 Å². The van der Waals surface area contributed by atoms with Gasteiger partial charge in [-0.2, -0.15) is 4.31 Å². The van der Waals surface area contributed by atoms with E-state index in [-0.39, 0.29) is 35.3 Å². The first-order valence-corrected chi connectivity index (χ1v) is 11.1. The van der Waals surface area contributed by atoms with Crippen molar-refractivity contribution in [2.24, 2.45) is 5.92 Å². The van der Waals surface area contributed by atoms with E-state index in [0.717, 1.165) is 19.3 Å². The smallest absolute Gasteiger partial charge is 0.310 e. The number of carbonyl (C=O) groups is 2. The SMILES string of the molecule is COC(=O)C1CCCC1NCC(=O)Nc1cccc(S(=O)(=O)N2CCOCC2)c1. The Morgan fingerprint density at radius 1 is 1.24 bits per heavy atom. The van der Waals surface area contributed by atoms with Gasteiger partial charge in [-0.05, 0) is 31.0 Å². The molecule has 10 heteroatoms. The molecule has 2 N–H and O–H groups in total. The number of rotatable bonds is 7. The summed E-state index contributed by atoms with van der Waals surface area (Å²) >= 11 is 0. The highest BCUT2D eigenvalue weighted by atomic mass is 32.2. The first-order valence-electron chi connectivity index (χ1n) is 9.71. The van der Waals surface area contributed by atoms with Crippen LogP contribution in [0.1, 0.15) is 19.3 Å². The molecule has 9 nitrogen and oxygen atoms in total. The summed E-state index contributed by atoms with van der Waals surface area (Å²) in [5.74, 6) is -0.808. The Labute approximate surface area is 170 Å². The molecule has 1 aromatic carbocycles. The Hall–Kier alpha value is -2.01. The number of carbonyl (C=O) groups excluding carboxylic acids is 2. The molecule has 1 amide bonds. The van der Waals surface area contributed by atoms with Crippen LogP contribution in [0.4, 0.5) is 5.69 Å². The zero-order chi connectivity index (χ0) is 20.9. The van der Waals surface area contributed by atoms with Gasteiger partial charge in [-0.1, -0.05) is 12.5 Å². The minimum absolute atomic E-state index is 0.0264. The molecule has 2 atom stereocenters. The van der Waals surface area contributed by atoms with Crippen molar-refractivity contribution < 1.29 is 27.5 Å². The standard InChI is InChI=1S/C19H27N3O6S/c1-27-19(24)16-6-3-7-17(16)20-13-18(23)21-14-4-2-5-15(12-14)29(25,26)22-8-10-28-11-9-22/h2,4-5,12,16-17,20H,3,6-11,13H2,1H3,(H,21,23). The van der Waals surface area contributed by atoms with E-state index in [0.29, 0.717) is 32.0 Å². The molecule has 3 rings (SSSR count). The minimum Gasteiger partial charge on any atom is -0.469 e. The van der Waals surface area contributed by atoms with Crippen molar-refractivity contribution in [1.29, 1.82) is 0 Å². The van der Waals surface area contributed by atoms with E-state index in [9.17, 15) is 18.0 Å². The fraction of sp³-hybridized carbons (Fsp3) is 0.579. The second kappa shape index (κ2) is 9.66. The molecular formula is C19H27N3O6S. The molecule has 160 valence electrons. The van der Waals surface area contributed by atoms with Crippen LogP contribution in [0.2, 0.25) is 0 Å². The fourth-order valence-corrected chi connectivity index (χ4v) is 5.19. The summed E-state index contributed by atoms with van der Waals surface area (Å²) in [5, 5.41) is 5.82. The number of nitrogens with one attached hydrogen (secondary N) is 2. The maximum Gasteiger partial charge on any atom is 0.310 e. The molecule has 0 bridgehead atoms. The van der Waals surface area contributed by atoms with Gasteiger partial charge in [0.1, 0.15) is 0 Å². The average Bonchev–Trinajstić information content (AvgIpc) is 3.21. The van der Waals surface area contributed by atoms with Crippen LogP contribution in [0.15, 0.2) is 29.2 Å². The van der Waals surface area contributed by atoms with Crippen LogP contribution >= 0.6 is 0 Å². The first-order chi connectivity index (χ1) is 13.9. The fourth-order valence-electron chi connectivity index (χ4n) is 3.74. The van der Waals surface area contributed by atoms with Gasteiger partial charge < -0.3 is 20.1 Å². The van der Waals surface area contributed by atoms with E-state index in [1.165, 1.54) is 23.5 Å². The molecule has 0 spiro atoms. The van der Waals surface area contributed by atoms with E-state index < -0.39 is 10.0 Å². The molecule has 2 unspecified atom stereocenters. The van der Waals surface area contributed by atoms with Crippen LogP contribution in [0, 0.1) is 5.92 Å². The van der Waals surface area contributed by atoms with Crippen molar-refractivity contribution in [3.63, 3.8) is 0 Å². The number of amides is 1. The zero-order valence-electron chi connectivity index (χ0n) is 16.4. The van der Waals surface area contributed by atoms with Gasteiger partial charge in [0.25, 0.3) is 0 Å². The second-order valence-corrected chi connectivity index (χ2v) is 9.08. The third-order valence-corrected chi connectivity index (χ3v) is 7.16. The van der Waals surface area contributed by atoms with E-state index in [1.807, 2.05) is 0 Å². The molecule has 1 saturated carbocycles. The van der Waals surface area contributed by atoms with Crippen molar-refractivity contribution in [2.45, 2.75) is 30.2 Å². The van der Waals surface area contributed by atoms with Gasteiger partial charge in [0, 0.05) is 24.8 Å². The summed E-state index contributed by atoms with van der Waals surface area (Å²) in [6.07, 6.45) is 2.45. The molecular weight excluding hydrogens is 398 g/mol. The van der Waals surface area contributed by atoms with Gasteiger partial charge >= 0.3 is 5.97 Å². The normalized spacial score (nSPS) is 22.9. The summed E-state index contributed by atoms with van der Waals surface area (Å²) < 4.78 is 36.9. The number of methoxy groups -OCH3 is 1. The van der Waals surface area contributed by atoms with Crippen molar-refractivity contribution in [3.05, 3.63) is 24.3 Å². The largest absolute Gasteiger partial charge is 0.469 e. The molecule has 1 aliphatic heterocycles. The Bertz CT molecular complexity index is 838. The second-order valence-electron chi connectivity index (χ2n) is 7.14. The van der Waals surface area contributed by atoms with Gasteiger partial charge in [-0.25, -0.2) is 8.42 Å². The summed E-state index contributed by atoms with van der Waals surface area (Å²) in [6, 6.07) is 6.11. The molecule has 2 fully saturated rings. The Morgan fingerprint density at radius 3 is 2.72 bits per heavy atom. The Balaban J connectivity index is 1.58. The van der Waals surface area contributed by atoms with Crippen molar-refractivity contribution in [2.75, 3.05) is 45.3 Å². The van der Waals surface area contributed by atoms with Gasteiger partial charge in [-0.15, -0.1) is 0 Å². The summed E-state index contributed by atoms with van der Waals surface area (Å²) in [5.41, 5.74) is 0.405. The molecule has 1 saturated heterocycles. The van der Waals surface area contributed by atoms with E-state index in [2.05, 4.69) is 10.6 Å². The van der Waals surface area contributed by atoms with Crippen LogP contribution in [0.25, 0.3) is 0 Å². The maximum absolute atomic E-state index is 12.8.